The van der Waals surface area contributed by atoms with Gasteiger partial charge in [-0.2, -0.15) is 0 Å². The Bertz CT molecular complexity index is 682. The average Bonchev–Trinajstić information content (AvgIpc) is 3.14. The Hall–Kier alpha value is -2.60. The van der Waals surface area contributed by atoms with Gasteiger partial charge in [0.2, 0.25) is 0 Å². The molecule has 0 aliphatic heterocycles. The van der Waals surface area contributed by atoms with Gasteiger partial charge in [0.1, 0.15) is 0 Å². The Kier molecular flexibility index (Phi) is 6.14. The van der Waals surface area contributed by atoms with E-state index in [1.165, 1.54) is 11.2 Å². The van der Waals surface area contributed by atoms with Crippen molar-refractivity contribution in [2.24, 2.45) is 0 Å². The number of carbonyl (C=O) groups excluding carboxylic acids is 2. The number of nitrogens with one attached hydrogen (secondary N) is 1. The lowest BCUT2D eigenvalue weighted by molar-refractivity contribution is 0.0942. The van der Waals surface area contributed by atoms with Crippen LogP contribution in [0.3, 0.4) is 0 Å². The topological polar surface area (TPSA) is 82.8 Å². The summed E-state index contributed by atoms with van der Waals surface area (Å²) in [6, 6.07) is 10.1. The van der Waals surface area contributed by atoms with Crippen molar-refractivity contribution in [3.8, 4) is 0 Å². The van der Waals surface area contributed by atoms with Crippen LogP contribution in [0, 0.1) is 0 Å². The summed E-state index contributed by atoms with van der Waals surface area (Å²) >= 11 is 0. The first-order chi connectivity index (χ1) is 11.5. The first-order valence-electron chi connectivity index (χ1n) is 7.91. The zero-order valence-electron chi connectivity index (χ0n) is 13.9. The van der Waals surface area contributed by atoms with E-state index < -0.39 is 6.10 Å². The molecular formula is C18H22N2O4. The van der Waals surface area contributed by atoms with Crippen LogP contribution in [0.25, 0.3) is 0 Å². The molecule has 0 bridgehead atoms. The van der Waals surface area contributed by atoms with Crippen LogP contribution < -0.4 is 10.2 Å². The number of anilines is 1. The zero-order valence-corrected chi connectivity index (χ0v) is 13.9. The van der Waals surface area contributed by atoms with Crippen molar-refractivity contribution in [2.45, 2.75) is 25.9 Å². The van der Waals surface area contributed by atoms with E-state index in [0.717, 1.165) is 0 Å². The van der Waals surface area contributed by atoms with E-state index in [1.54, 1.807) is 43.4 Å². The number of benzene rings is 1. The second-order valence-corrected chi connectivity index (χ2v) is 5.47. The standard InChI is InChI=1S/C18H22N2O4/c1-3-13(21)10-11-19-17(22)14-7-4-5-8-15(14)20(2)18(23)16-9-6-12-24-16/h4-9,12-13,21H,3,10-11H2,1-2H3,(H,19,22). The highest BCUT2D eigenvalue weighted by Gasteiger charge is 2.21. The highest BCUT2D eigenvalue weighted by atomic mass is 16.3. The van der Waals surface area contributed by atoms with Gasteiger partial charge < -0.3 is 19.7 Å². The van der Waals surface area contributed by atoms with Gasteiger partial charge in [0.25, 0.3) is 11.8 Å². The summed E-state index contributed by atoms with van der Waals surface area (Å²) in [5.41, 5.74) is 0.887. The third-order valence-electron chi connectivity index (χ3n) is 3.78. The van der Waals surface area contributed by atoms with Crippen LogP contribution >= 0.6 is 0 Å². The van der Waals surface area contributed by atoms with E-state index in [1.807, 2.05) is 6.92 Å². The summed E-state index contributed by atoms with van der Waals surface area (Å²) in [5, 5.41) is 12.3. The van der Waals surface area contributed by atoms with E-state index in [-0.39, 0.29) is 17.6 Å². The smallest absolute Gasteiger partial charge is 0.293 e. The fourth-order valence-corrected chi connectivity index (χ4v) is 2.28. The lowest BCUT2D eigenvalue weighted by Crippen LogP contribution is -2.31. The van der Waals surface area contributed by atoms with E-state index >= 15 is 0 Å². The summed E-state index contributed by atoms with van der Waals surface area (Å²) in [6.45, 7) is 2.26. The number of rotatable bonds is 7. The molecule has 1 unspecified atom stereocenters. The van der Waals surface area contributed by atoms with E-state index in [9.17, 15) is 14.7 Å². The first kappa shape index (κ1) is 17.7. The summed E-state index contributed by atoms with van der Waals surface area (Å²) < 4.78 is 5.12. The summed E-state index contributed by atoms with van der Waals surface area (Å²) in [4.78, 5) is 26.2. The van der Waals surface area contributed by atoms with E-state index in [4.69, 9.17) is 4.42 Å². The molecule has 1 heterocycles. The van der Waals surface area contributed by atoms with Crippen LogP contribution in [0.2, 0.25) is 0 Å². The highest BCUT2D eigenvalue weighted by Crippen LogP contribution is 2.21. The van der Waals surface area contributed by atoms with Crippen LogP contribution in [0.4, 0.5) is 5.69 Å². The number of hydrogen-bond acceptors (Lipinski definition) is 4. The van der Waals surface area contributed by atoms with Gasteiger partial charge in [-0.3, -0.25) is 9.59 Å². The predicted molar refractivity (Wildman–Crippen MR) is 91.1 cm³/mol. The van der Waals surface area contributed by atoms with Crippen LogP contribution in [-0.2, 0) is 0 Å². The van der Waals surface area contributed by atoms with Gasteiger partial charge in [0.15, 0.2) is 5.76 Å². The van der Waals surface area contributed by atoms with Gasteiger partial charge >= 0.3 is 0 Å². The minimum absolute atomic E-state index is 0.207. The first-order valence-corrected chi connectivity index (χ1v) is 7.91. The lowest BCUT2D eigenvalue weighted by atomic mass is 10.1. The van der Waals surface area contributed by atoms with Crippen molar-refractivity contribution in [3.05, 3.63) is 54.0 Å². The number of para-hydroxylation sites is 1. The summed E-state index contributed by atoms with van der Waals surface area (Å²) in [5.74, 6) is -0.409. The Labute approximate surface area is 141 Å². The molecule has 6 heteroatoms. The van der Waals surface area contributed by atoms with Crippen molar-refractivity contribution in [1.29, 1.82) is 0 Å². The maximum absolute atomic E-state index is 12.4. The molecule has 24 heavy (non-hydrogen) atoms. The number of nitrogens with zero attached hydrogens (tertiary/aromatic N) is 1. The Morgan fingerprint density at radius 1 is 1.25 bits per heavy atom. The maximum atomic E-state index is 12.4. The van der Waals surface area contributed by atoms with Crippen LogP contribution in [0.15, 0.2) is 47.1 Å². The Balaban J connectivity index is 2.12. The summed E-state index contributed by atoms with van der Waals surface area (Å²) in [7, 11) is 1.60. The molecule has 128 valence electrons. The van der Waals surface area contributed by atoms with Gasteiger partial charge in [0.05, 0.1) is 23.6 Å². The molecule has 2 rings (SSSR count). The fourth-order valence-electron chi connectivity index (χ4n) is 2.28. The number of amides is 2. The molecule has 6 nitrogen and oxygen atoms in total. The number of aliphatic hydroxyl groups excluding tert-OH is 1. The molecule has 2 N–H and O–H groups in total. The van der Waals surface area contributed by atoms with Gasteiger partial charge in [-0.05, 0) is 37.1 Å². The minimum Gasteiger partial charge on any atom is -0.459 e. The molecule has 2 amide bonds. The SMILES string of the molecule is CCC(O)CCNC(=O)c1ccccc1N(C)C(=O)c1ccco1. The minimum atomic E-state index is -0.427. The highest BCUT2D eigenvalue weighted by molar-refractivity contribution is 6.09. The number of aliphatic hydroxyl groups is 1. The zero-order chi connectivity index (χ0) is 17.5. The van der Waals surface area contributed by atoms with Crippen molar-refractivity contribution in [1.82, 2.24) is 5.32 Å². The monoisotopic (exact) mass is 330 g/mol. The molecule has 1 aromatic carbocycles. The third-order valence-corrected chi connectivity index (χ3v) is 3.78. The van der Waals surface area contributed by atoms with E-state index in [2.05, 4.69) is 5.32 Å². The summed E-state index contributed by atoms with van der Waals surface area (Å²) in [6.07, 6.45) is 2.14. The molecule has 1 aromatic heterocycles. The molecule has 0 fully saturated rings. The van der Waals surface area contributed by atoms with Crippen molar-refractivity contribution in [2.75, 3.05) is 18.5 Å². The quantitative estimate of drug-likeness (QED) is 0.817. The van der Waals surface area contributed by atoms with Gasteiger partial charge in [-0.25, -0.2) is 0 Å². The molecule has 0 spiro atoms. The fraction of sp³-hybridized carbons (Fsp3) is 0.333. The third kappa shape index (κ3) is 4.23. The van der Waals surface area contributed by atoms with Crippen molar-refractivity contribution in [3.63, 3.8) is 0 Å². The molecule has 0 aliphatic carbocycles. The molecule has 0 saturated heterocycles. The Morgan fingerprint density at radius 3 is 2.67 bits per heavy atom. The maximum Gasteiger partial charge on any atom is 0.293 e. The van der Waals surface area contributed by atoms with E-state index in [0.29, 0.717) is 30.6 Å². The average molecular weight is 330 g/mol. The molecule has 0 saturated carbocycles. The molecular weight excluding hydrogens is 308 g/mol. The van der Waals surface area contributed by atoms with Crippen molar-refractivity contribution < 1.29 is 19.1 Å². The molecule has 1 atom stereocenters. The Morgan fingerprint density at radius 2 is 2.00 bits per heavy atom. The van der Waals surface area contributed by atoms with Gasteiger partial charge in [-0.1, -0.05) is 19.1 Å². The predicted octanol–water partition coefficient (Wildman–Crippen LogP) is 2.45. The lowest BCUT2D eigenvalue weighted by Gasteiger charge is -2.19. The number of carbonyl (C=O) groups is 2. The van der Waals surface area contributed by atoms with Gasteiger partial charge in [-0.15, -0.1) is 0 Å². The van der Waals surface area contributed by atoms with Crippen LogP contribution in [0.5, 0.6) is 0 Å². The molecule has 2 aromatic rings. The van der Waals surface area contributed by atoms with Gasteiger partial charge in [0, 0.05) is 13.6 Å². The van der Waals surface area contributed by atoms with Crippen LogP contribution in [0.1, 0.15) is 40.7 Å². The molecule has 0 aliphatic rings. The van der Waals surface area contributed by atoms with Crippen LogP contribution in [-0.4, -0.2) is 36.6 Å². The normalized spacial score (nSPS) is 11.8. The molecule has 0 radical (unpaired) electrons. The number of hydrogen-bond donors (Lipinski definition) is 2. The second kappa shape index (κ2) is 8.31. The number of furan rings is 1. The second-order valence-electron chi connectivity index (χ2n) is 5.47. The largest absolute Gasteiger partial charge is 0.459 e. The van der Waals surface area contributed by atoms with Crippen molar-refractivity contribution >= 4 is 17.5 Å².